The summed E-state index contributed by atoms with van der Waals surface area (Å²) in [5.74, 6) is 0. The lowest BCUT2D eigenvalue weighted by Crippen LogP contribution is -2.29. The Hall–Kier alpha value is -2.50. The highest BCUT2D eigenvalue weighted by atomic mass is 16.8. The average molecular weight is 337 g/mol. The van der Waals surface area contributed by atoms with Crippen LogP contribution in [-0.4, -0.2) is 23.5 Å². The van der Waals surface area contributed by atoms with E-state index in [1.807, 2.05) is 36.4 Å². The molecule has 0 spiro atoms. The highest BCUT2D eigenvalue weighted by Crippen LogP contribution is 2.11. The fraction of sp³-hybridized carbons (Fsp3) is 0.444. The molecule has 1 aromatic carbocycles. The Morgan fingerprint density at radius 1 is 0.875 bits per heavy atom. The van der Waals surface area contributed by atoms with E-state index in [0.29, 0.717) is 0 Å². The number of hydrogen-bond donors (Lipinski definition) is 1. The highest BCUT2D eigenvalue weighted by molar-refractivity contribution is 5.77. The number of hydrogen-bond acceptors (Lipinski definition) is 6. The summed E-state index contributed by atoms with van der Waals surface area (Å²) >= 11 is 0. The van der Waals surface area contributed by atoms with Crippen LogP contribution in [0.3, 0.4) is 0 Å². The SMILES string of the molecule is CC(C)(C)OC(=O)OC(=O)OC(C)(C)C.NC=Cc1ccccc1. The van der Waals surface area contributed by atoms with E-state index in [0.717, 1.165) is 5.56 Å². The van der Waals surface area contributed by atoms with Crippen molar-refractivity contribution in [1.29, 1.82) is 0 Å². The third-order valence-corrected chi connectivity index (χ3v) is 2.03. The molecule has 0 fully saturated rings. The maximum absolute atomic E-state index is 11.0. The van der Waals surface area contributed by atoms with Gasteiger partial charge in [0, 0.05) is 0 Å². The first kappa shape index (κ1) is 21.5. The average Bonchev–Trinajstić information content (AvgIpc) is 2.36. The number of nitrogens with two attached hydrogens (primary N) is 1. The summed E-state index contributed by atoms with van der Waals surface area (Å²) in [6.45, 7) is 10.0. The molecule has 0 aliphatic rings. The summed E-state index contributed by atoms with van der Waals surface area (Å²) in [5, 5.41) is 0. The number of rotatable bonds is 1. The molecule has 134 valence electrons. The molecule has 0 saturated heterocycles. The summed E-state index contributed by atoms with van der Waals surface area (Å²) < 4.78 is 13.8. The molecule has 6 heteroatoms. The predicted octanol–water partition coefficient (Wildman–Crippen LogP) is 4.49. The zero-order valence-corrected chi connectivity index (χ0v) is 15.2. The molecule has 0 unspecified atom stereocenters. The molecule has 0 atom stereocenters. The summed E-state index contributed by atoms with van der Waals surface area (Å²) in [6.07, 6.45) is 1.28. The number of benzene rings is 1. The lowest BCUT2D eigenvalue weighted by Gasteiger charge is -2.20. The van der Waals surface area contributed by atoms with Gasteiger partial charge in [-0.2, -0.15) is 0 Å². The molecule has 0 saturated carbocycles. The Balaban J connectivity index is 0.000000496. The van der Waals surface area contributed by atoms with Crippen LogP contribution in [0.4, 0.5) is 9.59 Å². The Kier molecular flexibility index (Phi) is 8.60. The van der Waals surface area contributed by atoms with E-state index >= 15 is 0 Å². The van der Waals surface area contributed by atoms with Crippen LogP contribution in [0.15, 0.2) is 36.5 Å². The molecule has 0 aromatic heterocycles. The van der Waals surface area contributed by atoms with Crippen molar-refractivity contribution in [2.24, 2.45) is 5.73 Å². The van der Waals surface area contributed by atoms with Crippen molar-refractivity contribution in [2.45, 2.75) is 52.7 Å². The van der Waals surface area contributed by atoms with Crippen LogP contribution in [0, 0.1) is 0 Å². The van der Waals surface area contributed by atoms with Gasteiger partial charge in [-0.25, -0.2) is 9.59 Å². The van der Waals surface area contributed by atoms with Crippen LogP contribution < -0.4 is 5.73 Å². The molecule has 0 bridgehead atoms. The highest BCUT2D eigenvalue weighted by Gasteiger charge is 2.24. The van der Waals surface area contributed by atoms with Gasteiger partial charge in [-0.1, -0.05) is 30.3 Å². The zero-order valence-electron chi connectivity index (χ0n) is 15.2. The van der Waals surface area contributed by atoms with Crippen LogP contribution in [0.25, 0.3) is 6.08 Å². The zero-order chi connectivity index (χ0) is 18.8. The molecule has 0 heterocycles. The van der Waals surface area contributed by atoms with Crippen LogP contribution in [0.1, 0.15) is 47.1 Å². The van der Waals surface area contributed by atoms with Crippen molar-refractivity contribution in [3.8, 4) is 0 Å². The molecule has 1 aromatic rings. The first-order valence-corrected chi connectivity index (χ1v) is 7.50. The molecule has 1 rings (SSSR count). The van der Waals surface area contributed by atoms with Crippen LogP contribution in [0.2, 0.25) is 0 Å². The number of carbonyl (C=O) groups is 2. The largest absolute Gasteiger partial charge is 0.519 e. The van der Waals surface area contributed by atoms with Gasteiger partial charge in [0.15, 0.2) is 0 Å². The second-order valence-electron chi connectivity index (χ2n) is 6.80. The maximum atomic E-state index is 11.0. The van der Waals surface area contributed by atoms with E-state index in [4.69, 9.17) is 15.2 Å². The third kappa shape index (κ3) is 13.2. The van der Waals surface area contributed by atoms with E-state index in [-0.39, 0.29) is 0 Å². The van der Waals surface area contributed by atoms with E-state index in [1.54, 1.807) is 41.5 Å². The quantitative estimate of drug-likeness (QED) is 0.600. The van der Waals surface area contributed by atoms with Crippen molar-refractivity contribution < 1.29 is 23.8 Å². The fourth-order valence-electron chi connectivity index (χ4n) is 1.28. The van der Waals surface area contributed by atoms with Gasteiger partial charge >= 0.3 is 12.3 Å². The van der Waals surface area contributed by atoms with E-state index in [9.17, 15) is 9.59 Å². The lowest BCUT2D eigenvalue weighted by molar-refractivity contribution is -0.0293. The minimum atomic E-state index is -1.06. The lowest BCUT2D eigenvalue weighted by atomic mass is 10.2. The van der Waals surface area contributed by atoms with Crippen molar-refractivity contribution in [3.05, 3.63) is 42.1 Å². The van der Waals surface area contributed by atoms with Crippen molar-refractivity contribution >= 4 is 18.4 Å². The van der Waals surface area contributed by atoms with Gasteiger partial charge < -0.3 is 19.9 Å². The Morgan fingerprint density at radius 2 is 1.29 bits per heavy atom. The van der Waals surface area contributed by atoms with Gasteiger partial charge in [-0.3, -0.25) is 0 Å². The Bertz CT molecular complexity index is 513. The minimum Gasteiger partial charge on any atom is -0.428 e. The summed E-state index contributed by atoms with van der Waals surface area (Å²) in [5.41, 5.74) is 4.93. The van der Waals surface area contributed by atoms with E-state index in [2.05, 4.69) is 4.74 Å². The molecular weight excluding hydrogens is 310 g/mol. The van der Waals surface area contributed by atoms with Gasteiger partial charge in [0.25, 0.3) is 0 Å². The van der Waals surface area contributed by atoms with E-state index in [1.165, 1.54) is 6.20 Å². The Labute approximate surface area is 143 Å². The van der Waals surface area contributed by atoms with Gasteiger partial charge in [0.1, 0.15) is 11.2 Å². The molecular formula is C18H27NO5. The Morgan fingerprint density at radius 3 is 1.62 bits per heavy atom. The monoisotopic (exact) mass is 337 g/mol. The molecule has 6 nitrogen and oxygen atoms in total. The van der Waals surface area contributed by atoms with E-state index < -0.39 is 23.5 Å². The predicted molar refractivity (Wildman–Crippen MR) is 93.2 cm³/mol. The normalized spacial score (nSPS) is 11.2. The number of carbonyl (C=O) groups excluding carboxylic acids is 2. The van der Waals surface area contributed by atoms with Crippen molar-refractivity contribution in [1.82, 2.24) is 0 Å². The van der Waals surface area contributed by atoms with Gasteiger partial charge in [0.2, 0.25) is 0 Å². The topological polar surface area (TPSA) is 87.8 Å². The fourth-order valence-corrected chi connectivity index (χ4v) is 1.28. The van der Waals surface area contributed by atoms with Crippen LogP contribution >= 0.6 is 0 Å². The number of ether oxygens (including phenoxy) is 3. The van der Waals surface area contributed by atoms with Gasteiger partial charge in [-0.15, -0.1) is 0 Å². The molecule has 0 amide bonds. The summed E-state index contributed by atoms with van der Waals surface area (Å²) in [6, 6.07) is 9.95. The summed E-state index contributed by atoms with van der Waals surface area (Å²) in [4.78, 5) is 22.0. The molecule has 2 N–H and O–H groups in total. The van der Waals surface area contributed by atoms with Crippen LogP contribution in [0.5, 0.6) is 0 Å². The molecule has 0 aliphatic heterocycles. The molecule has 0 radical (unpaired) electrons. The smallest absolute Gasteiger partial charge is 0.428 e. The van der Waals surface area contributed by atoms with Gasteiger partial charge in [-0.05, 0) is 59.4 Å². The molecule has 24 heavy (non-hydrogen) atoms. The molecule has 0 aliphatic carbocycles. The second kappa shape index (κ2) is 9.60. The first-order valence-electron chi connectivity index (χ1n) is 7.50. The van der Waals surface area contributed by atoms with Gasteiger partial charge in [0.05, 0.1) is 0 Å². The maximum Gasteiger partial charge on any atom is 0.519 e. The summed E-state index contributed by atoms with van der Waals surface area (Å²) in [7, 11) is 0. The minimum absolute atomic E-state index is 0.695. The van der Waals surface area contributed by atoms with Crippen molar-refractivity contribution in [2.75, 3.05) is 0 Å². The first-order chi connectivity index (χ1) is 10.9. The second-order valence-corrected chi connectivity index (χ2v) is 6.80. The third-order valence-electron chi connectivity index (χ3n) is 2.03. The van der Waals surface area contributed by atoms with Crippen LogP contribution in [-0.2, 0) is 14.2 Å². The van der Waals surface area contributed by atoms with Crippen molar-refractivity contribution in [3.63, 3.8) is 0 Å². The standard InChI is InChI=1S/C10H18O5.C8H9N/c1-9(2,3)14-7(11)13-8(12)15-10(4,5)6;9-7-6-8-4-2-1-3-5-8/h1-6H3;1-7H,9H2.